The summed E-state index contributed by atoms with van der Waals surface area (Å²) in [5.41, 5.74) is 6.29. The quantitative estimate of drug-likeness (QED) is 0.504. The van der Waals surface area contributed by atoms with Crippen molar-refractivity contribution in [2.24, 2.45) is 0 Å². The summed E-state index contributed by atoms with van der Waals surface area (Å²) < 4.78 is 7.58. The van der Waals surface area contributed by atoms with Crippen LogP contribution in [0.15, 0.2) is 60.6 Å². The molecule has 0 N–H and O–H groups in total. The number of nitrogens with zero attached hydrogens (tertiary/aromatic N) is 3. The Morgan fingerprint density at radius 3 is 2.72 bits per heavy atom. The lowest BCUT2D eigenvalue weighted by atomic mass is 10.0. The van der Waals surface area contributed by atoms with Crippen molar-refractivity contribution >= 4 is 12.0 Å². The maximum absolute atomic E-state index is 13.6. The number of hydrogen-bond donors (Lipinski definition) is 0. The zero-order valence-corrected chi connectivity index (χ0v) is 18.9. The van der Waals surface area contributed by atoms with Crippen molar-refractivity contribution in [1.82, 2.24) is 14.5 Å². The highest BCUT2D eigenvalue weighted by atomic mass is 16.5. The number of ether oxygens (including phenoxy) is 1. The average Bonchev–Trinajstić information content (AvgIpc) is 3.40. The minimum Gasteiger partial charge on any atom is -0.495 e. The van der Waals surface area contributed by atoms with Gasteiger partial charge in [-0.15, -0.1) is 0 Å². The van der Waals surface area contributed by atoms with Crippen LogP contribution in [0.3, 0.4) is 0 Å². The molecule has 3 aromatic rings. The number of carbonyl (C=O) groups is 1. The molecule has 1 amide bonds. The number of hydrogen-bond acceptors (Lipinski definition) is 3. The lowest BCUT2D eigenvalue weighted by Gasteiger charge is -2.30. The molecular formula is C27H29N3O2. The molecule has 0 saturated heterocycles. The molecule has 1 heterocycles. The highest BCUT2D eigenvalue weighted by Crippen LogP contribution is 2.42. The molecule has 1 unspecified atom stereocenters. The summed E-state index contributed by atoms with van der Waals surface area (Å²) in [5.74, 6) is 0.891. The first-order valence-corrected chi connectivity index (χ1v) is 11.3. The predicted octanol–water partition coefficient (Wildman–Crippen LogP) is 5.27. The Labute approximate surface area is 189 Å². The molecule has 2 aliphatic carbocycles. The zero-order chi connectivity index (χ0) is 22.2. The highest BCUT2D eigenvalue weighted by Gasteiger charge is 2.40. The van der Waals surface area contributed by atoms with Gasteiger partial charge in [0.2, 0.25) is 5.91 Å². The number of amides is 1. The molecule has 2 aromatic carbocycles. The van der Waals surface area contributed by atoms with E-state index in [1.165, 1.54) is 11.1 Å². The molecule has 0 spiro atoms. The van der Waals surface area contributed by atoms with E-state index in [-0.39, 0.29) is 11.9 Å². The fourth-order valence-electron chi connectivity index (χ4n) is 4.80. The summed E-state index contributed by atoms with van der Waals surface area (Å²) in [5, 5.41) is 0. The molecule has 0 radical (unpaired) electrons. The summed E-state index contributed by atoms with van der Waals surface area (Å²) in [7, 11) is 1.67. The van der Waals surface area contributed by atoms with Gasteiger partial charge in [0.05, 0.1) is 30.9 Å². The van der Waals surface area contributed by atoms with E-state index in [9.17, 15) is 4.79 Å². The molecule has 1 atom stereocenters. The molecule has 1 aromatic heterocycles. The molecule has 5 heteroatoms. The van der Waals surface area contributed by atoms with Gasteiger partial charge in [-0.3, -0.25) is 4.79 Å². The number of carbonyl (C=O) groups excluding carboxylic acids is 1. The van der Waals surface area contributed by atoms with Gasteiger partial charge in [-0.2, -0.15) is 0 Å². The molecule has 164 valence electrons. The lowest BCUT2D eigenvalue weighted by Crippen LogP contribution is -2.36. The van der Waals surface area contributed by atoms with E-state index >= 15 is 0 Å². The maximum Gasteiger partial charge on any atom is 0.250 e. The van der Waals surface area contributed by atoms with Crippen LogP contribution in [0, 0.1) is 6.92 Å². The van der Waals surface area contributed by atoms with E-state index in [1.807, 2.05) is 48.9 Å². The topological polar surface area (TPSA) is 47.4 Å². The van der Waals surface area contributed by atoms with Gasteiger partial charge in [-0.25, -0.2) is 4.98 Å². The average molecular weight is 428 g/mol. The first kappa shape index (κ1) is 20.6. The number of aromatic nitrogens is 2. The molecule has 1 fully saturated rings. The van der Waals surface area contributed by atoms with E-state index in [2.05, 4.69) is 34.1 Å². The monoisotopic (exact) mass is 427 g/mol. The Bertz CT molecular complexity index is 1190. The van der Waals surface area contributed by atoms with Crippen molar-refractivity contribution in [1.29, 1.82) is 0 Å². The summed E-state index contributed by atoms with van der Waals surface area (Å²) in [4.78, 5) is 20.0. The van der Waals surface area contributed by atoms with Crippen LogP contribution in [0.1, 0.15) is 54.6 Å². The van der Waals surface area contributed by atoms with Crippen LogP contribution in [0.4, 0.5) is 0 Å². The fourth-order valence-corrected chi connectivity index (χ4v) is 4.80. The Morgan fingerprint density at radius 2 is 2.00 bits per heavy atom. The Morgan fingerprint density at radius 1 is 1.19 bits per heavy atom. The van der Waals surface area contributed by atoms with E-state index in [1.54, 1.807) is 13.4 Å². The van der Waals surface area contributed by atoms with Crippen molar-refractivity contribution < 1.29 is 9.53 Å². The van der Waals surface area contributed by atoms with Crippen molar-refractivity contribution in [2.75, 3.05) is 7.11 Å². The van der Waals surface area contributed by atoms with Crippen molar-refractivity contribution in [3.63, 3.8) is 0 Å². The number of fused-ring (bicyclic) bond motifs is 1. The van der Waals surface area contributed by atoms with Gasteiger partial charge in [0.15, 0.2) is 0 Å². The standard InChI is InChI=1S/C27H29N3O2/c1-18(14-20-8-12-25(26(15-20)32-3)29-16-19(2)28-17-29)27(31)30(22-10-11-22)24-13-9-21-6-4-5-7-23(21)24/h4-8,12,14-17,22,24H,9-11,13H2,1-3H3/b18-14+. The van der Waals surface area contributed by atoms with Crippen molar-refractivity contribution in [3.05, 3.63) is 82.9 Å². The number of rotatable bonds is 6. The first-order chi connectivity index (χ1) is 15.5. The van der Waals surface area contributed by atoms with Crippen LogP contribution >= 0.6 is 0 Å². The molecule has 0 aliphatic heterocycles. The second-order valence-electron chi connectivity index (χ2n) is 8.88. The van der Waals surface area contributed by atoms with E-state index in [0.29, 0.717) is 6.04 Å². The van der Waals surface area contributed by atoms with Crippen LogP contribution in [0.2, 0.25) is 0 Å². The molecule has 5 rings (SSSR count). The summed E-state index contributed by atoms with van der Waals surface area (Å²) >= 11 is 0. The summed E-state index contributed by atoms with van der Waals surface area (Å²) in [6, 6.07) is 15.1. The fraction of sp³-hybridized carbons (Fsp3) is 0.333. The maximum atomic E-state index is 13.6. The molecular weight excluding hydrogens is 398 g/mol. The van der Waals surface area contributed by atoms with Crippen LogP contribution < -0.4 is 4.74 Å². The van der Waals surface area contributed by atoms with E-state index in [0.717, 1.165) is 54.0 Å². The van der Waals surface area contributed by atoms with Crippen LogP contribution in [-0.4, -0.2) is 33.5 Å². The van der Waals surface area contributed by atoms with Crippen molar-refractivity contribution in [3.8, 4) is 11.4 Å². The lowest BCUT2D eigenvalue weighted by molar-refractivity contribution is -0.130. The largest absolute Gasteiger partial charge is 0.495 e. The third-order valence-corrected chi connectivity index (χ3v) is 6.53. The number of methoxy groups -OCH3 is 1. The second-order valence-corrected chi connectivity index (χ2v) is 8.88. The molecule has 0 bridgehead atoms. The third-order valence-electron chi connectivity index (χ3n) is 6.53. The number of aryl methyl sites for hydroxylation is 2. The van der Waals surface area contributed by atoms with E-state index in [4.69, 9.17) is 4.74 Å². The second kappa shape index (κ2) is 8.30. The van der Waals surface area contributed by atoms with E-state index < -0.39 is 0 Å². The SMILES string of the molecule is COc1cc(/C=C(\C)C(=O)N(C2CC2)C2CCc3ccccc32)ccc1-n1cnc(C)c1. The van der Waals surface area contributed by atoms with Gasteiger partial charge in [0.1, 0.15) is 5.75 Å². The van der Waals surface area contributed by atoms with Crippen molar-refractivity contribution in [2.45, 2.75) is 51.6 Å². The Kier molecular flexibility index (Phi) is 5.33. The van der Waals surface area contributed by atoms with Gasteiger partial charge in [-0.05, 0) is 74.4 Å². The zero-order valence-electron chi connectivity index (χ0n) is 18.9. The van der Waals surface area contributed by atoms with Crippen LogP contribution in [-0.2, 0) is 11.2 Å². The highest BCUT2D eigenvalue weighted by molar-refractivity contribution is 5.98. The summed E-state index contributed by atoms with van der Waals surface area (Å²) in [6.07, 6.45) is 9.99. The normalized spacial score (nSPS) is 17.8. The minimum atomic E-state index is 0.141. The van der Waals surface area contributed by atoms with Gasteiger partial charge < -0.3 is 14.2 Å². The summed E-state index contributed by atoms with van der Waals surface area (Å²) in [6.45, 7) is 3.89. The third kappa shape index (κ3) is 3.83. The molecule has 5 nitrogen and oxygen atoms in total. The minimum absolute atomic E-state index is 0.141. The van der Waals surface area contributed by atoms with Gasteiger partial charge in [0.25, 0.3) is 0 Å². The molecule has 32 heavy (non-hydrogen) atoms. The first-order valence-electron chi connectivity index (χ1n) is 11.3. The Balaban J connectivity index is 1.42. The molecule has 2 aliphatic rings. The Hall–Kier alpha value is -3.34. The van der Waals surface area contributed by atoms with Crippen LogP contribution in [0.25, 0.3) is 11.8 Å². The van der Waals surface area contributed by atoms with Gasteiger partial charge in [-0.1, -0.05) is 30.3 Å². The van der Waals surface area contributed by atoms with Crippen LogP contribution in [0.5, 0.6) is 5.75 Å². The predicted molar refractivity (Wildman–Crippen MR) is 126 cm³/mol. The number of imidazole rings is 1. The van der Waals surface area contributed by atoms with Gasteiger partial charge in [0, 0.05) is 17.8 Å². The molecule has 1 saturated carbocycles. The number of benzene rings is 2. The van der Waals surface area contributed by atoms with Gasteiger partial charge >= 0.3 is 0 Å². The smallest absolute Gasteiger partial charge is 0.250 e.